The van der Waals surface area contributed by atoms with Gasteiger partial charge in [0, 0.05) is 13.3 Å². The number of esters is 2. The molecule has 4 nitrogen and oxygen atoms in total. The Bertz CT molecular complexity index is 408. The van der Waals surface area contributed by atoms with Crippen molar-refractivity contribution in [3.05, 3.63) is 35.9 Å². The molecule has 1 aliphatic heterocycles. The van der Waals surface area contributed by atoms with E-state index < -0.39 is 17.7 Å². The van der Waals surface area contributed by atoms with Crippen LogP contribution in [0.5, 0.6) is 0 Å². The zero-order valence-corrected chi connectivity index (χ0v) is 9.64. The molecule has 0 amide bonds. The number of rotatable bonds is 3. The topological polar surface area (TPSA) is 52.6 Å². The number of cyclic esters (lactones) is 2. The Hall–Kier alpha value is -1.84. The van der Waals surface area contributed by atoms with Gasteiger partial charge < -0.3 is 9.47 Å². The van der Waals surface area contributed by atoms with Crippen LogP contribution < -0.4 is 0 Å². The van der Waals surface area contributed by atoms with Crippen molar-refractivity contribution in [3.8, 4) is 0 Å². The molecule has 0 aromatic heterocycles. The number of hydrogen-bond donors (Lipinski definition) is 0. The van der Waals surface area contributed by atoms with E-state index in [1.54, 1.807) is 6.92 Å². The van der Waals surface area contributed by atoms with Crippen molar-refractivity contribution in [2.24, 2.45) is 0 Å². The lowest BCUT2D eigenvalue weighted by Crippen LogP contribution is -2.43. The highest BCUT2D eigenvalue weighted by molar-refractivity contribution is 5.93. The highest BCUT2D eigenvalue weighted by Crippen LogP contribution is 2.25. The van der Waals surface area contributed by atoms with Gasteiger partial charge in [0.2, 0.25) is 0 Å². The highest BCUT2D eigenvalue weighted by Gasteiger charge is 2.38. The van der Waals surface area contributed by atoms with E-state index in [9.17, 15) is 9.59 Å². The van der Waals surface area contributed by atoms with Gasteiger partial charge in [-0.25, -0.2) is 0 Å². The van der Waals surface area contributed by atoms with E-state index in [2.05, 4.69) is 0 Å². The second kappa shape index (κ2) is 4.57. The molecule has 0 unspecified atom stereocenters. The first kappa shape index (κ1) is 11.6. The summed E-state index contributed by atoms with van der Waals surface area (Å²) >= 11 is 0. The van der Waals surface area contributed by atoms with E-state index in [0.717, 1.165) is 5.56 Å². The van der Waals surface area contributed by atoms with Gasteiger partial charge in [0.15, 0.2) is 0 Å². The Morgan fingerprint density at radius 2 is 1.71 bits per heavy atom. The summed E-state index contributed by atoms with van der Waals surface area (Å²) in [4.78, 5) is 22.4. The first-order valence-corrected chi connectivity index (χ1v) is 5.55. The number of aryl methyl sites for hydroxylation is 1. The zero-order valence-electron chi connectivity index (χ0n) is 9.64. The van der Waals surface area contributed by atoms with Crippen molar-refractivity contribution in [2.75, 3.05) is 0 Å². The summed E-state index contributed by atoms with van der Waals surface area (Å²) in [5.41, 5.74) is 1.12. The van der Waals surface area contributed by atoms with Crippen molar-refractivity contribution in [3.63, 3.8) is 0 Å². The minimum absolute atomic E-state index is 0.291. The van der Waals surface area contributed by atoms with Gasteiger partial charge in [-0.3, -0.25) is 9.59 Å². The third-order valence-electron chi connectivity index (χ3n) is 2.66. The molecule has 0 radical (unpaired) electrons. The molecule has 0 N–H and O–H groups in total. The Morgan fingerprint density at radius 3 is 2.29 bits per heavy atom. The van der Waals surface area contributed by atoms with Crippen molar-refractivity contribution in [2.45, 2.75) is 32.0 Å². The molecule has 1 aliphatic rings. The zero-order chi connectivity index (χ0) is 12.3. The molecule has 1 aromatic rings. The van der Waals surface area contributed by atoms with Crippen molar-refractivity contribution < 1.29 is 19.1 Å². The molecule has 0 saturated carbocycles. The molecule has 17 heavy (non-hydrogen) atoms. The maximum absolute atomic E-state index is 11.2. The molecule has 0 atom stereocenters. The minimum Gasteiger partial charge on any atom is -0.422 e. The largest absolute Gasteiger partial charge is 0.422 e. The summed E-state index contributed by atoms with van der Waals surface area (Å²) in [5, 5.41) is 0. The van der Waals surface area contributed by atoms with Crippen LogP contribution in [0, 0.1) is 0 Å². The lowest BCUT2D eigenvalue weighted by atomic mass is 10.0. The average molecular weight is 234 g/mol. The van der Waals surface area contributed by atoms with Gasteiger partial charge in [-0.1, -0.05) is 30.3 Å². The molecule has 1 fully saturated rings. The fourth-order valence-electron chi connectivity index (χ4n) is 1.81. The van der Waals surface area contributed by atoms with Crippen LogP contribution in [0.4, 0.5) is 0 Å². The second-order valence-electron chi connectivity index (χ2n) is 4.24. The molecule has 1 heterocycles. The number of benzene rings is 1. The van der Waals surface area contributed by atoms with E-state index >= 15 is 0 Å². The Balaban J connectivity index is 1.98. The predicted molar refractivity (Wildman–Crippen MR) is 60.0 cm³/mol. The summed E-state index contributed by atoms with van der Waals surface area (Å²) in [7, 11) is 0. The van der Waals surface area contributed by atoms with E-state index in [1.165, 1.54) is 0 Å². The standard InChI is InChI=1S/C13H14O4/c1-13(16-11(14)9-12(15)17-13)8-7-10-5-3-2-4-6-10/h2-6H,7-9H2,1H3. The van der Waals surface area contributed by atoms with Crippen LogP contribution >= 0.6 is 0 Å². The van der Waals surface area contributed by atoms with Gasteiger partial charge in [0.25, 0.3) is 5.79 Å². The molecule has 0 spiro atoms. The third-order valence-corrected chi connectivity index (χ3v) is 2.66. The Kier molecular flexibility index (Phi) is 3.13. The highest BCUT2D eigenvalue weighted by atomic mass is 16.7. The predicted octanol–water partition coefficient (Wildman–Crippen LogP) is 1.83. The SMILES string of the molecule is CC1(CCc2ccccc2)OC(=O)CC(=O)O1. The van der Waals surface area contributed by atoms with E-state index in [4.69, 9.17) is 9.47 Å². The molecular weight excluding hydrogens is 220 g/mol. The summed E-state index contributed by atoms with van der Waals surface area (Å²) in [6.07, 6.45) is 0.868. The lowest BCUT2D eigenvalue weighted by molar-refractivity contribution is -0.239. The van der Waals surface area contributed by atoms with Crippen LogP contribution in [-0.4, -0.2) is 17.7 Å². The molecule has 1 saturated heterocycles. The molecule has 2 rings (SSSR count). The number of carbonyl (C=O) groups excluding carboxylic acids is 2. The number of ether oxygens (including phenoxy) is 2. The van der Waals surface area contributed by atoms with E-state index in [-0.39, 0.29) is 6.42 Å². The normalized spacial score (nSPS) is 18.4. The first-order valence-electron chi connectivity index (χ1n) is 5.55. The quantitative estimate of drug-likeness (QED) is 0.591. The maximum Gasteiger partial charge on any atom is 0.320 e. The van der Waals surface area contributed by atoms with Crippen molar-refractivity contribution >= 4 is 11.9 Å². The van der Waals surface area contributed by atoms with Crippen LogP contribution in [-0.2, 0) is 25.5 Å². The Morgan fingerprint density at radius 1 is 1.12 bits per heavy atom. The van der Waals surface area contributed by atoms with Gasteiger partial charge in [0.05, 0.1) is 0 Å². The van der Waals surface area contributed by atoms with Crippen LogP contribution in [0.3, 0.4) is 0 Å². The van der Waals surface area contributed by atoms with E-state index in [1.807, 2.05) is 30.3 Å². The number of hydrogen-bond acceptors (Lipinski definition) is 4. The molecule has 1 aromatic carbocycles. The van der Waals surface area contributed by atoms with Crippen LogP contribution in [0.2, 0.25) is 0 Å². The van der Waals surface area contributed by atoms with Gasteiger partial charge >= 0.3 is 11.9 Å². The second-order valence-corrected chi connectivity index (χ2v) is 4.24. The summed E-state index contributed by atoms with van der Waals surface area (Å²) in [6, 6.07) is 9.78. The average Bonchev–Trinajstić information content (AvgIpc) is 2.26. The monoisotopic (exact) mass is 234 g/mol. The van der Waals surface area contributed by atoms with Gasteiger partial charge in [-0.15, -0.1) is 0 Å². The van der Waals surface area contributed by atoms with Gasteiger partial charge in [-0.2, -0.15) is 0 Å². The molecule has 0 aliphatic carbocycles. The van der Waals surface area contributed by atoms with Crippen LogP contribution in [0.1, 0.15) is 25.3 Å². The summed E-state index contributed by atoms with van der Waals surface area (Å²) in [6.45, 7) is 1.62. The lowest BCUT2D eigenvalue weighted by Gasteiger charge is -2.32. The molecular formula is C13H14O4. The first-order chi connectivity index (χ1) is 8.07. The smallest absolute Gasteiger partial charge is 0.320 e. The number of carbonyl (C=O) groups is 2. The summed E-state index contributed by atoms with van der Waals surface area (Å²) in [5.74, 6) is -2.16. The minimum atomic E-state index is -1.12. The van der Waals surface area contributed by atoms with Crippen molar-refractivity contribution in [1.82, 2.24) is 0 Å². The molecule has 90 valence electrons. The fraction of sp³-hybridized carbons (Fsp3) is 0.385. The fourth-order valence-corrected chi connectivity index (χ4v) is 1.81. The van der Waals surface area contributed by atoms with Crippen molar-refractivity contribution in [1.29, 1.82) is 0 Å². The Labute approximate surface area is 99.5 Å². The molecule has 0 bridgehead atoms. The van der Waals surface area contributed by atoms with E-state index in [0.29, 0.717) is 12.8 Å². The third kappa shape index (κ3) is 3.06. The van der Waals surface area contributed by atoms with Gasteiger partial charge in [0.1, 0.15) is 6.42 Å². The molecule has 4 heteroatoms. The summed E-state index contributed by atoms with van der Waals surface area (Å²) < 4.78 is 10.2. The van der Waals surface area contributed by atoms with Crippen LogP contribution in [0.15, 0.2) is 30.3 Å². The van der Waals surface area contributed by atoms with Crippen LogP contribution in [0.25, 0.3) is 0 Å². The van der Waals surface area contributed by atoms with Gasteiger partial charge in [-0.05, 0) is 12.0 Å². The maximum atomic E-state index is 11.2.